The van der Waals surface area contributed by atoms with Crippen LogP contribution in [0, 0.1) is 17.2 Å². The molecular weight excluding hydrogens is 450 g/mol. The number of carbonyl (C=O) groups excluding carboxylic acids is 1. The van der Waals surface area contributed by atoms with Crippen molar-refractivity contribution in [1.82, 2.24) is 9.97 Å². The number of nitrogens with zero attached hydrogens (tertiary/aromatic N) is 3. The van der Waals surface area contributed by atoms with E-state index in [0.29, 0.717) is 56.0 Å². The predicted molar refractivity (Wildman–Crippen MR) is 126 cm³/mol. The third-order valence-corrected chi connectivity index (χ3v) is 7.15. The molecule has 0 bridgehead atoms. The Kier molecular flexibility index (Phi) is 4.98. The molecular formula is C25H23N5O5. The summed E-state index contributed by atoms with van der Waals surface area (Å²) in [6, 6.07) is 12.6. The second-order valence-electron chi connectivity index (χ2n) is 9.04. The van der Waals surface area contributed by atoms with Crippen molar-refractivity contribution in [2.75, 3.05) is 36.5 Å². The lowest BCUT2D eigenvalue weighted by molar-refractivity contribution is -0.169. The molecule has 3 aromatic rings. The normalized spacial score (nSPS) is 23.2. The van der Waals surface area contributed by atoms with E-state index in [2.05, 4.69) is 15.3 Å². The van der Waals surface area contributed by atoms with Crippen molar-refractivity contribution in [3.8, 4) is 11.8 Å². The van der Waals surface area contributed by atoms with Gasteiger partial charge < -0.3 is 24.8 Å². The number of hydrogen-bond acceptors (Lipinski definition) is 8. The van der Waals surface area contributed by atoms with Gasteiger partial charge in [0.25, 0.3) is 5.56 Å². The van der Waals surface area contributed by atoms with Crippen molar-refractivity contribution < 1.29 is 19.4 Å². The number of hydrogen-bond donors (Lipinski definition) is 3. The maximum atomic E-state index is 13.5. The summed E-state index contributed by atoms with van der Waals surface area (Å²) >= 11 is 0. The summed E-state index contributed by atoms with van der Waals surface area (Å²) in [6.07, 6.45) is 1.26. The number of carbonyl (C=O) groups is 1. The van der Waals surface area contributed by atoms with E-state index in [9.17, 15) is 20.0 Å². The van der Waals surface area contributed by atoms with Gasteiger partial charge >= 0.3 is 0 Å². The molecule has 4 heterocycles. The molecule has 10 nitrogen and oxygen atoms in total. The Bertz CT molecular complexity index is 1430. The molecule has 3 aliphatic rings. The number of anilines is 2. The van der Waals surface area contributed by atoms with Crippen LogP contribution in [0.5, 0.6) is 5.75 Å². The van der Waals surface area contributed by atoms with Gasteiger partial charge in [-0.3, -0.25) is 14.6 Å². The van der Waals surface area contributed by atoms with Crippen molar-refractivity contribution in [2.24, 2.45) is 5.92 Å². The predicted octanol–water partition coefficient (Wildman–Crippen LogP) is 2.20. The number of aromatic hydroxyl groups is 1. The highest BCUT2D eigenvalue weighted by Gasteiger charge is 2.43. The maximum absolute atomic E-state index is 13.5. The van der Waals surface area contributed by atoms with Gasteiger partial charge in [-0.25, -0.2) is 0 Å². The quantitative estimate of drug-likeness (QED) is 0.515. The van der Waals surface area contributed by atoms with Gasteiger partial charge in [-0.05, 0) is 16.8 Å². The molecule has 6 rings (SSSR count). The molecule has 3 aliphatic heterocycles. The minimum atomic E-state index is -1.21. The number of fused-ring (bicyclic) bond motifs is 2. The van der Waals surface area contributed by atoms with Crippen LogP contribution in [0.25, 0.3) is 10.8 Å². The molecule has 0 aliphatic carbocycles. The molecule has 2 aromatic carbocycles. The molecule has 0 radical (unpaired) electrons. The Labute approximate surface area is 200 Å². The lowest BCUT2D eigenvalue weighted by Gasteiger charge is -2.38. The zero-order valence-corrected chi connectivity index (χ0v) is 18.8. The number of phenols is 1. The SMILES string of the molecule is N#CC1C(=O)Nc2nc(N3CCC4(CC3)OCCO4)[nH]c(=O)c2C1c1c(O)ccc2ccccc12. The summed E-state index contributed by atoms with van der Waals surface area (Å²) in [5, 5.41) is 24.8. The molecule has 10 heteroatoms. The van der Waals surface area contributed by atoms with Crippen molar-refractivity contribution >= 4 is 28.4 Å². The molecule has 1 spiro atoms. The van der Waals surface area contributed by atoms with Gasteiger partial charge in [-0.2, -0.15) is 10.2 Å². The van der Waals surface area contributed by atoms with E-state index in [0.717, 1.165) is 5.39 Å². The molecule has 1 aromatic heterocycles. The second-order valence-corrected chi connectivity index (χ2v) is 9.04. The number of amides is 1. The molecule has 0 saturated carbocycles. The Morgan fingerprint density at radius 3 is 2.57 bits per heavy atom. The zero-order chi connectivity index (χ0) is 24.2. The average Bonchev–Trinajstić information content (AvgIpc) is 3.31. The monoisotopic (exact) mass is 473 g/mol. The first kappa shape index (κ1) is 21.6. The van der Waals surface area contributed by atoms with E-state index in [1.165, 1.54) is 6.07 Å². The van der Waals surface area contributed by atoms with Gasteiger partial charge in [0.1, 0.15) is 17.5 Å². The van der Waals surface area contributed by atoms with E-state index in [1.807, 2.05) is 29.2 Å². The average molecular weight is 473 g/mol. The number of piperidine rings is 1. The van der Waals surface area contributed by atoms with Gasteiger partial charge in [0.2, 0.25) is 11.9 Å². The summed E-state index contributed by atoms with van der Waals surface area (Å²) in [6.45, 7) is 2.26. The van der Waals surface area contributed by atoms with Crippen LogP contribution in [-0.2, 0) is 14.3 Å². The van der Waals surface area contributed by atoms with Crippen LogP contribution in [0.15, 0.2) is 41.2 Å². The number of phenolic OH excluding ortho intramolecular Hbond substituents is 1. The van der Waals surface area contributed by atoms with Gasteiger partial charge in [-0.15, -0.1) is 0 Å². The second kappa shape index (κ2) is 8.08. The molecule has 35 heavy (non-hydrogen) atoms. The number of ether oxygens (including phenoxy) is 2. The maximum Gasteiger partial charge on any atom is 0.258 e. The largest absolute Gasteiger partial charge is 0.508 e. The highest BCUT2D eigenvalue weighted by molar-refractivity contribution is 5.99. The van der Waals surface area contributed by atoms with E-state index in [1.54, 1.807) is 12.1 Å². The molecule has 2 fully saturated rings. The minimum Gasteiger partial charge on any atom is -0.508 e. The summed E-state index contributed by atoms with van der Waals surface area (Å²) in [5.74, 6) is -2.98. The van der Waals surface area contributed by atoms with Crippen LogP contribution >= 0.6 is 0 Å². The Morgan fingerprint density at radius 2 is 1.83 bits per heavy atom. The highest BCUT2D eigenvalue weighted by Crippen LogP contribution is 2.44. The number of H-pyrrole nitrogens is 1. The van der Waals surface area contributed by atoms with Gasteiger partial charge in [0.15, 0.2) is 5.79 Å². The lowest BCUT2D eigenvalue weighted by Crippen LogP contribution is -2.46. The topological polar surface area (TPSA) is 141 Å². The van der Waals surface area contributed by atoms with Crippen LogP contribution < -0.4 is 15.8 Å². The van der Waals surface area contributed by atoms with Gasteiger partial charge in [0.05, 0.1) is 24.8 Å². The van der Waals surface area contributed by atoms with Crippen molar-refractivity contribution in [2.45, 2.75) is 24.5 Å². The molecule has 3 N–H and O–H groups in total. The first-order chi connectivity index (χ1) is 17.0. The number of nitriles is 1. The van der Waals surface area contributed by atoms with E-state index in [-0.39, 0.29) is 17.1 Å². The fourth-order valence-corrected chi connectivity index (χ4v) is 5.42. The zero-order valence-electron chi connectivity index (χ0n) is 18.8. The number of benzene rings is 2. The molecule has 2 atom stereocenters. The third kappa shape index (κ3) is 3.43. The van der Waals surface area contributed by atoms with E-state index < -0.39 is 29.1 Å². The van der Waals surface area contributed by atoms with Gasteiger partial charge in [0, 0.05) is 37.4 Å². The molecule has 1 amide bonds. The summed E-state index contributed by atoms with van der Waals surface area (Å²) < 4.78 is 11.5. The van der Waals surface area contributed by atoms with E-state index in [4.69, 9.17) is 9.47 Å². The number of aromatic amines is 1. The van der Waals surface area contributed by atoms with Crippen LogP contribution in [0.1, 0.15) is 29.9 Å². The van der Waals surface area contributed by atoms with Crippen molar-refractivity contribution in [3.63, 3.8) is 0 Å². The Morgan fingerprint density at radius 1 is 1.09 bits per heavy atom. The van der Waals surface area contributed by atoms with Crippen molar-refractivity contribution in [1.29, 1.82) is 5.26 Å². The van der Waals surface area contributed by atoms with E-state index >= 15 is 0 Å². The third-order valence-electron chi connectivity index (χ3n) is 7.15. The fraction of sp³-hybridized carbons (Fsp3) is 0.360. The molecule has 2 saturated heterocycles. The fourth-order valence-electron chi connectivity index (χ4n) is 5.42. The lowest BCUT2D eigenvalue weighted by atomic mass is 9.77. The summed E-state index contributed by atoms with van der Waals surface area (Å²) in [4.78, 5) is 35.8. The van der Waals surface area contributed by atoms with Crippen LogP contribution in [0.4, 0.5) is 11.8 Å². The van der Waals surface area contributed by atoms with Crippen LogP contribution in [0.2, 0.25) is 0 Å². The van der Waals surface area contributed by atoms with Crippen LogP contribution in [0.3, 0.4) is 0 Å². The number of rotatable bonds is 2. The summed E-state index contributed by atoms with van der Waals surface area (Å²) in [7, 11) is 0. The van der Waals surface area contributed by atoms with Crippen LogP contribution in [-0.4, -0.2) is 53.1 Å². The molecule has 2 unspecified atom stereocenters. The number of nitrogens with one attached hydrogen (secondary N) is 2. The highest BCUT2D eigenvalue weighted by atomic mass is 16.7. The van der Waals surface area contributed by atoms with Crippen molar-refractivity contribution in [3.05, 3.63) is 57.9 Å². The first-order valence-electron chi connectivity index (χ1n) is 11.6. The number of aromatic nitrogens is 2. The first-order valence-corrected chi connectivity index (χ1v) is 11.6. The molecule has 178 valence electrons. The van der Waals surface area contributed by atoms with Gasteiger partial charge in [-0.1, -0.05) is 30.3 Å². The summed E-state index contributed by atoms with van der Waals surface area (Å²) in [5.41, 5.74) is 0.0555. The standard InChI is InChI=1S/C25H23N5O5/c26-13-16-19(18-15-4-2-1-3-14(15)5-6-17(18)31)20-21(27-22(16)32)28-24(29-23(20)33)30-9-7-25(8-10-30)34-11-12-35-25/h1-6,16,19,31H,7-12H2,(H2,27,28,29,32,33). The Hall–Kier alpha value is -3.94. The smallest absolute Gasteiger partial charge is 0.258 e. The minimum absolute atomic E-state index is 0.0871. The Balaban J connectivity index is 1.45.